The van der Waals surface area contributed by atoms with E-state index in [9.17, 15) is 19.2 Å². The molecule has 2 aromatic heterocycles. The minimum atomic E-state index is -1.02. The highest BCUT2D eigenvalue weighted by atomic mass is 16.5. The number of anilines is 1. The largest absolute Gasteiger partial charge is 0.497 e. The Labute approximate surface area is 244 Å². The summed E-state index contributed by atoms with van der Waals surface area (Å²) in [6, 6.07) is 6.36. The maximum atomic E-state index is 13.5. The van der Waals surface area contributed by atoms with Gasteiger partial charge in [0.1, 0.15) is 23.8 Å². The molecule has 2 heterocycles. The number of hydrogen-bond donors (Lipinski definition) is 2. The van der Waals surface area contributed by atoms with Gasteiger partial charge < -0.3 is 19.2 Å². The summed E-state index contributed by atoms with van der Waals surface area (Å²) in [5, 5.41) is 13.1. The average molecular weight is 583 g/mol. The van der Waals surface area contributed by atoms with Crippen LogP contribution in [0.15, 0.2) is 39.7 Å². The number of Topliss-reactive ketones (excluding diaryl/α,β-unsaturated/α-hetero) is 1. The summed E-state index contributed by atoms with van der Waals surface area (Å²) >= 11 is 0. The van der Waals surface area contributed by atoms with Crippen LogP contribution in [0.4, 0.5) is 10.5 Å². The lowest BCUT2D eigenvalue weighted by atomic mass is 9.84. The number of ketones is 1. The van der Waals surface area contributed by atoms with E-state index in [4.69, 9.17) is 9.15 Å². The van der Waals surface area contributed by atoms with Crippen molar-refractivity contribution in [2.45, 2.75) is 71.9 Å². The number of carbonyl (C=O) groups excluding carboxylic acids is 3. The normalized spacial score (nSPS) is 12.5. The molecule has 0 saturated carbocycles. The van der Waals surface area contributed by atoms with Crippen LogP contribution in [0.3, 0.4) is 0 Å². The van der Waals surface area contributed by atoms with Crippen molar-refractivity contribution in [1.82, 2.24) is 25.1 Å². The minimum Gasteiger partial charge on any atom is -0.497 e. The van der Waals surface area contributed by atoms with Gasteiger partial charge in [-0.15, -0.1) is 10.2 Å². The molecule has 3 aromatic rings. The lowest BCUT2D eigenvalue weighted by Gasteiger charge is -2.24. The van der Waals surface area contributed by atoms with Gasteiger partial charge in [0.05, 0.1) is 31.9 Å². The van der Waals surface area contributed by atoms with E-state index in [1.165, 1.54) is 6.20 Å². The molecule has 1 unspecified atom stereocenters. The molecule has 0 fully saturated rings. The van der Waals surface area contributed by atoms with Crippen molar-refractivity contribution >= 4 is 23.5 Å². The molecular weight excluding hydrogens is 544 g/mol. The van der Waals surface area contributed by atoms with Crippen LogP contribution in [0, 0.1) is 5.92 Å². The Morgan fingerprint density at radius 1 is 1.02 bits per heavy atom. The van der Waals surface area contributed by atoms with Crippen LogP contribution in [-0.4, -0.2) is 57.8 Å². The summed E-state index contributed by atoms with van der Waals surface area (Å²) in [6.45, 7) is 12.3. The van der Waals surface area contributed by atoms with Crippen LogP contribution < -0.4 is 20.9 Å². The summed E-state index contributed by atoms with van der Waals surface area (Å²) in [4.78, 5) is 55.9. The van der Waals surface area contributed by atoms with Gasteiger partial charge in [0.15, 0.2) is 0 Å². The van der Waals surface area contributed by atoms with Crippen LogP contribution in [0.5, 0.6) is 5.75 Å². The zero-order valence-electron chi connectivity index (χ0n) is 25.4. The predicted octanol–water partition coefficient (Wildman–Crippen LogP) is 3.46. The summed E-state index contributed by atoms with van der Waals surface area (Å²) in [5.74, 6) is -0.541. The highest BCUT2D eigenvalue weighted by molar-refractivity contribution is 5.98. The van der Waals surface area contributed by atoms with Gasteiger partial charge in [0.2, 0.25) is 17.6 Å². The van der Waals surface area contributed by atoms with E-state index in [1.54, 1.807) is 21.0 Å². The van der Waals surface area contributed by atoms with Crippen molar-refractivity contribution in [2.75, 3.05) is 19.5 Å². The van der Waals surface area contributed by atoms with Crippen molar-refractivity contribution in [3.8, 4) is 5.75 Å². The second kappa shape index (κ2) is 12.5. The molecule has 0 saturated heterocycles. The number of nitrogens with one attached hydrogen (secondary N) is 2. The highest BCUT2D eigenvalue weighted by Gasteiger charge is 2.34. The molecule has 1 aromatic carbocycles. The van der Waals surface area contributed by atoms with Crippen LogP contribution in [0.2, 0.25) is 0 Å². The topological polar surface area (TPSA) is 168 Å². The van der Waals surface area contributed by atoms with Gasteiger partial charge in [0, 0.05) is 5.41 Å². The molecule has 13 heteroatoms. The van der Waals surface area contributed by atoms with E-state index >= 15 is 0 Å². The van der Waals surface area contributed by atoms with E-state index in [0.717, 1.165) is 17.2 Å². The van der Waals surface area contributed by atoms with Crippen LogP contribution >= 0.6 is 0 Å². The molecule has 0 spiro atoms. The quantitative estimate of drug-likeness (QED) is 0.338. The molecule has 0 aliphatic rings. The summed E-state index contributed by atoms with van der Waals surface area (Å²) in [7, 11) is 2.74. The van der Waals surface area contributed by atoms with Gasteiger partial charge in [-0.1, -0.05) is 46.8 Å². The molecule has 42 heavy (non-hydrogen) atoms. The first kappa shape index (κ1) is 32.0. The second-order valence-corrected chi connectivity index (χ2v) is 11.7. The molecule has 3 rings (SSSR count). The number of aromatic nitrogens is 4. The average Bonchev–Trinajstić information content (AvgIpc) is 3.44. The van der Waals surface area contributed by atoms with Crippen molar-refractivity contribution < 1.29 is 28.3 Å². The van der Waals surface area contributed by atoms with Gasteiger partial charge in [-0.2, -0.15) is 0 Å². The van der Waals surface area contributed by atoms with Gasteiger partial charge in [0.25, 0.3) is 11.4 Å². The smallest absolute Gasteiger partial charge is 0.411 e. The van der Waals surface area contributed by atoms with Gasteiger partial charge in [-0.25, -0.2) is 9.78 Å². The molecule has 0 aliphatic carbocycles. The number of hydrogen-bond acceptors (Lipinski definition) is 10. The molecule has 0 radical (unpaired) electrons. The molecule has 226 valence electrons. The van der Waals surface area contributed by atoms with E-state index in [1.807, 2.05) is 58.9 Å². The molecular formula is C29H38N6O7. The summed E-state index contributed by atoms with van der Waals surface area (Å²) in [6.07, 6.45) is 0.364. The van der Waals surface area contributed by atoms with Crippen molar-refractivity contribution in [1.29, 1.82) is 0 Å². The van der Waals surface area contributed by atoms with Gasteiger partial charge in [-0.05, 0) is 37.5 Å². The first-order valence-electron chi connectivity index (χ1n) is 13.4. The van der Waals surface area contributed by atoms with Gasteiger partial charge >= 0.3 is 6.09 Å². The zero-order valence-corrected chi connectivity index (χ0v) is 25.4. The fraction of sp³-hybridized carbons (Fsp3) is 0.483. The minimum absolute atomic E-state index is 0.156. The fourth-order valence-electron chi connectivity index (χ4n) is 4.22. The predicted molar refractivity (Wildman–Crippen MR) is 154 cm³/mol. The third kappa shape index (κ3) is 7.01. The standard InChI is InChI=1S/C29H38N6O7/c1-16(2)21(22(37)23-33-34-26(42-23)29(6,7)17-10-12-18(40-8)13-11-17)32-20(36)15-35-24(38)19(31-27(39)41-9)14-30-25(35)28(3,4)5/h10-14,16,21H,15H2,1-9H3,(H,31,39)(H,32,36). The number of ether oxygens (including phenoxy) is 2. The fourth-order valence-corrected chi connectivity index (χ4v) is 4.22. The molecule has 1 atom stereocenters. The molecule has 2 amide bonds. The second-order valence-electron chi connectivity index (χ2n) is 11.7. The molecule has 0 aliphatic heterocycles. The lowest BCUT2D eigenvalue weighted by Crippen LogP contribution is -2.47. The number of amides is 2. The highest BCUT2D eigenvalue weighted by Crippen LogP contribution is 2.32. The number of rotatable bonds is 10. The third-order valence-electron chi connectivity index (χ3n) is 6.69. The van der Waals surface area contributed by atoms with Crippen LogP contribution in [0.25, 0.3) is 0 Å². The number of benzene rings is 1. The van der Waals surface area contributed by atoms with Crippen LogP contribution in [-0.2, 0) is 26.9 Å². The number of nitrogens with zero attached hydrogens (tertiary/aromatic N) is 4. The Kier molecular flexibility index (Phi) is 9.54. The molecule has 2 N–H and O–H groups in total. The number of methoxy groups -OCH3 is 2. The Morgan fingerprint density at radius 3 is 2.21 bits per heavy atom. The Morgan fingerprint density at radius 2 is 1.67 bits per heavy atom. The van der Waals surface area contributed by atoms with Crippen LogP contribution in [0.1, 0.15) is 76.4 Å². The Bertz CT molecular complexity index is 1500. The Hall–Kier alpha value is -4.55. The lowest BCUT2D eigenvalue weighted by molar-refractivity contribution is -0.122. The third-order valence-corrected chi connectivity index (χ3v) is 6.69. The van der Waals surface area contributed by atoms with Gasteiger partial charge in [-0.3, -0.25) is 24.3 Å². The first-order valence-corrected chi connectivity index (χ1v) is 13.4. The first-order chi connectivity index (χ1) is 19.6. The maximum absolute atomic E-state index is 13.5. The molecule has 13 nitrogen and oxygen atoms in total. The Balaban J connectivity index is 1.86. The summed E-state index contributed by atoms with van der Waals surface area (Å²) < 4.78 is 16.8. The van der Waals surface area contributed by atoms with E-state index in [0.29, 0.717) is 11.6 Å². The maximum Gasteiger partial charge on any atom is 0.411 e. The van der Waals surface area contributed by atoms with E-state index in [2.05, 4.69) is 30.6 Å². The molecule has 0 bridgehead atoms. The van der Waals surface area contributed by atoms with Crippen molar-refractivity contribution in [2.24, 2.45) is 5.92 Å². The van der Waals surface area contributed by atoms with Crippen molar-refractivity contribution in [3.63, 3.8) is 0 Å². The SMILES string of the molecule is COC(=O)Nc1cnc(C(C)(C)C)n(CC(=O)NC(C(=O)c2nnc(C(C)(C)c3ccc(OC)cc3)o2)C(C)C)c1=O. The van der Waals surface area contributed by atoms with E-state index in [-0.39, 0.29) is 23.4 Å². The summed E-state index contributed by atoms with van der Waals surface area (Å²) in [5.41, 5.74) is -1.26. The zero-order chi connectivity index (χ0) is 31.4. The van der Waals surface area contributed by atoms with Crippen molar-refractivity contribution in [3.05, 3.63) is 64.0 Å². The number of carbonyl (C=O) groups is 3. The van der Waals surface area contributed by atoms with E-state index < -0.39 is 46.8 Å². The monoisotopic (exact) mass is 582 g/mol.